The van der Waals surface area contributed by atoms with Gasteiger partial charge in [0, 0.05) is 6.04 Å². The first-order valence-corrected chi connectivity index (χ1v) is 4.78. The Morgan fingerprint density at radius 1 is 1.54 bits per heavy atom. The second-order valence-corrected chi connectivity index (χ2v) is 3.96. The van der Waals surface area contributed by atoms with Crippen LogP contribution in [0, 0.1) is 5.92 Å². The number of nitrogens with one attached hydrogen (secondary N) is 1. The molecule has 1 rings (SSSR count). The SMILES string of the molecule is C=CC(F)(F)CNC1CCC(C)C1. The van der Waals surface area contributed by atoms with E-state index < -0.39 is 5.92 Å². The van der Waals surface area contributed by atoms with Crippen molar-refractivity contribution in [1.29, 1.82) is 0 Å². The maximum Gasteiger partial charge on any atom is 0.278 e. The third-order valence-corrected chi connectivity index (χ3v) is 2.62. The Hall–Kier alpha value is -0.440. The molecule has 13 heavy (non-hydrogen) atoms. The van der Waals surface area contributed by atoms with Crippen molar-refractivity contribution >= 4 is 0 Å². The van der Waals surface area contributed by atoms with Gasteiger partial charge < -0.3 is 5.32 Å². The first-order chi connectivity index (χ1) is 6.03. The zero-order chi connectivity index (χ0) is 9.90. The molecule has 2 unspecified atom stereocenters. The van der Waals surface area contributed by atoms with E-state index in [1.54, 1.807) is 0 Å². The highest BCUT2D eigenvalue weighted by Crippen LogP contribution is 2.25. The van der Waals surface area contributed by atoms with Gasteiger partial charge >= 0.3 is 0 Å². The molecule has 1 aliphatic carbocycles. The fourth-order valence-electron chi connectivity index (χ4n) is 1.75. The number of rotatable bonds is 4. The highest BCUT2D eigenvalue weighted by Gasteiger charge is 2.27. The van der Waals surface area contributed by atoms with E-state index in [2.05, 4.69) is 18.8 Å². The Morgan fingerprint density at radius 2 is 2.23 bits per heavy atom. The molecule has 1 fully saturated rings. The van der Waals surface area contributed by atoms with Crippen molar-refractivity contribution in [3.05, 3.63) is 12.7 Å². The minimum Gasteiger partial charge on any atom is -0.308 e. The molecule has 0 aromatic heterocycles. The second-order valence-electron chi connectivity index (χ2n) is 3.96. The van der Waals surface area contributed by atoms with E-state index in [-0.39, 0.29) is 12.6 Å². The molecule has 1 nitrogen and oxygen atoms in total. The van der Waals surface area contributed by atoms with Gasteiger partial charge in [0.25, 0.3) is 5.92 Å². The Labute approximate surface area is 78.2 Å². The normalized spacial score (nSPS) is 29.2. The molecule has 3 heteroatoms. The van der Waals surface area contributed by atoms with Gasteiger partial charge in [-0.25, -0.2) is 8.78 Å². The van der Waals surface area contributed by atoms with Crippen LogP contribution in [0.2, 0.25) is 0 Å². The standard InChI is InChI=1S/C10H17F2N/c1-3-10(11,12)7-13-9-5-4-8(2)6-9/h3,8-9,13H,1,4-7H2,2H3. The van der Waals surface area contributed by atoms with Gasteiger partial charge in [0.1, 0.15) is 0 Å². The van der Waals surface area contributed by atoms with Crippen LogP contribution in [0.1, 0.15) is 26.2 Å². The highest BCUT2D eigenvalue weighted by molar-refractivity contribution is 4.90. The molecule has 0 aliphatic heterocycles. The summed E-state index contributed by atoms with van der Waals surface area (Å²) >= 11 is 0. The molecule has 0 saturated heterocycles. The molecule has 0 aromatic rings. The smallest absolute Gasteiger partial charge is 0.278 e. The number of hydrogen-bond donors (Lipinski definition) is 1. The maximum atomic E-state index is 12.7. The van der Waals surface area contributed by atoms with Crippen LogP contribution in [0.5, 0.6) is 0 Å². The molecular formula is C10H17F2N. The number of hydrogen-bond acceptors (Lipinski definition) is 1. The van der Waals surface area contributed by atoms with Crippen molar-refractivity contribution in [3.63, 3.8) is 0 Å². The summed E-state index contributed by atoms with van der Waals surface area (Å²) in [6.07, 6.45) is 3.90. The molecule has 1 N–H and O–H groups in total. The molecule has 0 bridgehead atoms. The summed E-state index contributed by atoms with van der Waals surface area (Å²) < 4.78 is 25.4. The van der Waals surface area contributed by atoms with Gasteiger partial charge in [0.2, 0.25) is 0 Å². The lowest BCUT2D eigenvalue weighted by atomic mass is 10.1. The van der Waals surface area contributed by atoms with E-state index in [1.807, 2.05) is 0 Å². The number of alkyl halides is 2. The Balaban J connectivity index is 2.23. The van der Waals surface area contributed by atoms with E-state index in [4.69, 9.17) is 0 Å². The molecule has 0 radical (unpaired) electrons. The summed E-state index contributed by atoms with van der Waals surface area (Å²) in [6, 6.07) is 0.279. The van der Waals surface area contributed by atoms with Crippen LogP contribution in [-0.2, 0) is 0 Å². The monoisotopic (exact) mass is 189 g/mol. The second kappa shape index (κ2) is 4.18. The summed E-state index contributed by atoms with van der Waals surface area (Å²) in [7, 11) is 0. The highest BCUT2D eigenvalue weighted by atomic mass is 19.3. The van der Waals surface area contributed by atoms with Gasteiger partial charge in [-0.1, -0.05) is 13.5 Å². The summed E-state index contributed by atoms with van der Waals surface area (Å²) in [5, 5.41) is 2.88. The van der Waals surface area contributed by atoms with Crippen molar-refractivity contribution in [2.75, 3.05) is 6.54 Å². The predicted molar refractivity (Wildman–Crippen MR) is 49.9 cm³/mol. The minimum atomic E-state index is -2.76. The molecule has 1 aliphatic rings. The minimum absolute atomic E-state index is 0.270. The van der Waals surface area contributed by atoms with Crippen LogP contribution in [0.15, 0.2) is 12.7 Å². The first-order valence-electron chi connectivity index (χ1n) is 4.78. The lowest BCUT2D eigenvalue weighted by molar-refractivity contribution is 0.0524. The average molecular weight is 189 g/mol. The van der Waals surface area contributed by atoms with E-state index in [0.29, 0.717) is 12.0 Å². The molecule has 2 atom stereocenters. The Morgan fingerprint density at radius 3 is 2.69 bits per heavy atom. The fraction of sp³-hybridized carbons (Fsp3) is 0.800. The van der Waals surface area contributed by atoms with Gasteiger partial charge in [-0.15, -0.1) is 0 Å². The molecule has 0 spiro atoms. The largest absolute Gasteiger partial charge is 0.308 e. The zero-order valence-electron chi connectivity index (χ0n) is 8.02. The summed E-state index contributed by atoms with van der Waals surface area (Å²) in [5.74, 6) is -2.08. The van der Waals surface area contributed by atoms with Crippen LogP contribution < -0.4 is 5.32 Å². The molecule has 76 valence electrons. The van der Waals surface area contributed by atoms with Gasteiger partial charge in [-0.2, -0.15) is 0 Å². The van der Waals surface area contributed by atoms with E-state index >= 15 is 0 Å². The van der Waals surface area contributed by atoms with Crippen molar-refractivity contribution in [3.8, 4) is 0 Å². The zero-order valence-corrected chi connectivity index (χ0v) is 8.02. The van der Waals surface area contributed by atoms with Crippen molar-refractivity contribution in [2.45, 2.75) is 38.2 Å². The van der Waals surface area contributed by atoms with E-state index in [9.17, 15) is 8.78 Å². The van der Waals surface area contributed by atoms with Crippen molar-refractivity contribution < 1.29 is 8.78 Å². The Bertz CT molecular complexity index is 180. The molecular weight excluding hydrogens is 172 g/mol. The van der Waals surface area contributed by atoms with Crippen LogP contribution in [-0.4, -0.2) is 18.5 Å². The average Bonchev–Trinajstić information content (AvgIpc) is 2.48. The van der Waals surface area contributed by atoms with Gasteiger partial charge in [-0.3, -0.25) is 0 Å². The predicted octanol–water partition coefficient (Wildman–Crippen LogP) is 2.59. The summed E-state index contributed by atoms with van der Waals surface area (Å²) in [6.45, 7) is 4.99. The van der Waals surface area contributed by atoms with Gasteiger partial charge in [0.15, 0.2) is 0 Å². The maximum absolute atomic E-state index is 12.7. The number of halogens is 2. The third kappa shape index (κ3) is 3.43. The van der Waals surface area contributed by atoms with Crippen LogP contribution in [0.25, 0.3) is 0 Å². The fourth-order valence-corrected chi connectivity index (χ4v) is 1.75. The molecule has 1 saturated carbocycles. The van der Waals surface area contributed by atoms with Crippen molar-refractivity contribution in [2.24, 2.45) is 5.92 Å². The summed E-state index contributed by atoms with van der Waals surface area (Å²) in [4.78, 5) is 0. The third-order valence-electron chi connectivity index (χ3n) is 2.62. The topological polar surface area (TPSA) is 12.0 Å². The quantitative estimate of drug-likeness (QED) is 0.670. The Kier molecular flexibility index (Phi) is 3.42. The lowest BCUT2D eigenvalue weighted by Crippen LogP contribution is -2.36. The van der Waals surface area contributed by atoms with E-state index in [1.165, 1.54) is 0 Å². The lowest BCUT2D eigenvalue weighted by Gasteiger charge is -2.16. The molecule has 0 heterocycles. The van der Waals surface area contributed by atoms with Crippen LogP contribution in [0.3, 0.4) is 0 Å². The molecule has 0 amide bonds. The summed E-state index contributed by atoms with van der Waals surface area (Å²) in [5.41, 5.74) is 0. The first kappa shape index (κ1) is 10.6. The van der Waals surface area contributed by atoms with Crippen LogP contribution in [0.4, 0.5) is 8.78 Å². The van der Waals surface area contributed by atoms with E-state index in [0.717, 1.165) is 19.3 Å². The van der Waals surface area contributed by atoms with Crippen LogP contribution >= 0.6 is 0 Å². The van der Waals surface area contributed by atoms with Crippen molar-refractivity contribution in [1.82, 2.24) is 5.32 Å². The van der Waals surface area contributed by atoms with Gasteiger partial charge in [-0.05, 0) is 31.3 Å². The van der Waals surface area contributed by atoms with Gasteiger partial charge in [0.05, 0.1) is 6.54 Å². The molecule has 0 aromatic carbocycles.